The molecule has 0 aliphatic heterocycles. The molecule has 0 aliphatic carbocycles. The lowest BCUT2D eigenvalue weighted by atomic mass is 10.2. The van der Waals surface area contributed by atoms with E-state index in [-0.39, 0.29) is 4.90 Å². The molecule has 10 heteroatoms. The zero-order chi connectivity index (χ0) is 27.7. The number of hydrogen-bond donors (Lipinski definition) is 1. The molecule has 0 unspecified atom stereocenters. The lowest BCUT2D eigenvalue weighted by molar-refractivity contribution is -0.119. The highest BCUT2D eigenvalue weighted by Crippen LogP contribution is 2.25. The van der Waals surface area contributed by atoms with Crippen molar-refractivity contribution in [1.82, 2.24) is 5.43 Å². The van der Waals surface area contributed by atoms with E-state index in [1.165, 1.54) is 25.5 Å². The number of sulfonamides is 1. The molecule has 0 atom stereocenters. The maximum absolute atomic E-state index is 13.4. The molecule has 8 nitrogen and oxygen atoms in total. The summed E-state index contributed by atoms with van der Waals surface area (Å²) in [4.78, 5) is 12.8. The number of amides is 1. The zero-order valence-electron chi connectivity index (χ0n) is 21.0. The third-order valence-electron chi connectivity index (χ3n) is 5.56. The van der Waals surface area contributed by atoms with Crippen LogP contribution in [0, 0.1) is 0 Å². The van der Waals surface area contributed by atoms with Crippen molar-refractivity contribution < 1.29 is 22.7 Å². The number of anilines is 1. The van der Waals surface area contributed by atoms with Crippen LogP contribution in [0.1, 0.15) is 11.1 Å². The summed E-state index contributed by atoms with van der Waals surface area (Å²) in [5.41, 5.74) is 4.38. The molecule has 0 bridgehead atoms. The number of halogens is 1. The van der Waals surface area contributed by atoms with Crippen LogP contribution in [-0.4, -0.2) is 34.2 Å². The van der Waals surface area contributed by atoms with Crippen LogP contribution in [0.5, 0.6) is 11.5 Å². The van der Waals surface area contributed by atoms with Gasteiger partial charge in [0, 0.05) is 5.02 Å². The zero-order valence-corrected chi connectivity index (χ0v) is 22.6. The lowest BCUT2D eigenvalue weighted by Crippen LogP contribution is -2.39. The van der Waals surface area contributed by atoms with Crippen molar-refractivity contribution in [1.29, 1.82) is 0 Å². The molecule has 0 radical (unpaired) electrons. The molecule has 39 heavy (non-hydrogen) atoms. The second-order valence-electron chi connectivity index (χ2n) is 8.30. The maximum Gasteiger partial charge on any atom is 0.264 e. The molecular weight excluding hydrogens is 538 g/mol. The fourth-order valence-corrected chi connectivity index (χ4v) is 5.23. The van der Waals surface area contributed by atoms with Gasteiger partial charge in [-0.1, -0.05) is 41.9 Å². The van der Waals surface area contributed by atoms with Gasteiger partial charge < -0.3 is 9.47 Å². The van der Waals surface area contributed by atoms with Crippen molar-refractivity contribution in [3.05, 3.63) is 119 Å². The fraction of sp³-hybridized carbons (Fsp3) is 0.103. The van der Waals surface area contributed by atoms with Crippen LogP contribution in [-0.2, 0) is 21.4 Å². The monoisotopic (exact) mass is 563 g/mol. The highest BCUT2D eigenvalue weighted by Gasteiger charge is 2.27. The number of methoxy groups -OCH3 is 1. The molecule has 0 fully saturated rings. The van der Waals surface area contributed by atoms with E-state index in [2.05, 4.69) is 10.5 Å². The SMILES string of the molecule is COc1ccc(N(CC(=O)N/N=C/c2ccc(OCc3cccc(Cl)c3)cc2)S(=O)(=O)c2ccccc2)cc1. The Morgan fingerprint density at radius 2 is 1.62 bits per heavy atom. The Kier molecular flexibility index (Phi) is 9.19. The Balaban J connectivity index is 1.40. The number of carbonyl (C=O) groups is 1. The normalized spacial score (nSPS) is 11.2. The van der Waals surface area contributed by atoms with Gasteiger partial charge in [0.2, 0.25) is 0 Å². The molecule has 0 saturated carbocycles. The standard InChI is InChI=1S/C29H26ClN3O5S/c1-37-26-16-12-25(13-17-26)33(39(35,36)28-8-3-2-4-9-28)20-29(34)32-31-19-22-10-14-27(15-11-22)38-21-23-6-5-7-24(30)18-23/h2-19H,20-21H2,1H3,(H,32,34)/b31-19+. The van der Waals surface area contributed by atoms with Crippen LogP contribution in [0.2, 0.25) is 5.02 Å². The van der Waals surface area contributed by atoms with Gasteiger partial charge >= 0.3 is 0 Å². The van der Waals surface area contributed by atoms with E-state index in [0.29, 0.717) is 34.4 Å². The number of nitrogens with one attached hydrogen (secondary N) is 1. The minimum atomic E-state index is -4.02. The van der Waals surface area contributed by atoms with Crippen LogP contribution in [0.3, 0.4) is 0 Å². The minimum Gasteiger partial charge on any atom is -0.497 e. The Morgan fingerprint density at radius 1 is 0.923 bits per heavy atom. The van der Waals surface area contributed by atoms with Crippen LogP contribution in [0.4, 0.5) is 5.69 Å². The molecule has 4 aromatic rings. The average molecular weight is 564 g/mol. The molecule has 4 aromatic carbocycles. The molecular formula is C29H26ClN3O5S. The predicted octanol–water partition coefficient (Wildman–Crippen LogP) is 5.27. The molecule has 0 aromatic heterocycles. The van der Waals surface area contributed by atoms with Crippen molar-refractivity contribution in [3.63, 3.8) is 0 Å². The number of ether oxygens (including phenoxy) is 2. The molecule has 0 aliphatic rings. The molecule has 1 amide bonds. The van der Waals surface area contributed by atoms with Crippen molar-refractivity contribution in [2.75, 3.05) is 18.0 Å². The second-order valence-corrected chi connectivity index (χ2v) is 10.6. The molecule has 0 heterocycles. The van der Waals surface area contributed by atoms with Crippen molar-refractivity contribution in [2.45, 2.75) is 11.5 Å². The molecule has 0 spiro atoms. The Labute approximate surface area is 232 Å². The van der Waals surface area contributed by atoms with Crippen LogP contribution in [0.15, 0.2) is 113 Å². The van der Waals surface area contributed by atoms with E-state index >= 15 is 0 Å². The molecule has 0 saturated heterocycles. The molecule has 4 rings (SSSR count). The number of benzene rings is 4. The van der Waals surface area contributed by atoms with Gasteiger partial charge in [-0.2, -0.15) is 5.10 Å². The summed E-state index contributed by atoms with van der Waals surface area (Å²) in [6.07, 6.45) is 1.46. The number of carbonyl (C=O) groups excluding carboxylic acids is 1. The third kappa shape index (κ3) is 7.59. The lowest BCUT2D eigenvalue weighted by Gasteiger charge is -2.23. The van der Waals surface area contributed by atoms with E-state index in [1.54, 1.807) is 72.8 Å². The quantitative estimate of drug-likeness (QED) is 0.198. The number of hydrazone groups is 1. The van der Waals surface area contributed by atoms with E-state index in [1.807, 2.05) is 18.2 Å². The largest absolute Gasteiger partial charge is 0.497 e. The summed E-state index contributed by atoms with van der Waals surface area (Å²) in [7, 11) is -2.51. The highest BCUT2D eigenvalue weighted by molar-refractivity contribution is 7.92. The van der Waals surface area contributed by atoms with Gasteiger partial charge in [0.05, 0.1) is 23.9 Å². The van der Waals surface area contributed by atoms with Crippen LogP contribution in [0.25, 0.3) is 0 Å². The van der Waals surface area contributed by atoms with Gasteiger partial charge in [0.25, 0.3) is 15.9 Å². The topological polar surface area (TPSA) is 97.3 Å². The average Bonchev–Trinajstić information content (AvgIpc) is 2.96. The number of nitrogens with zero attached hydrogens (tertiary/aromatic N) is 2. The Bertz CT molecular complexity index is 1530. The third-order valence-corrected chi connectivity index (χ3v) is 7.58. The number of rotatable bonds is 11. The second kappa shape index (κ2) is 12.9. The summed E-state index contributed by atoms with van der Waals surface area (Å²) < 4.78 is 38.7. The predicted molar refractivity (Wildman–Crippen MR) is 152 cm³/mol. The first-order valence-electron chi connectivity index (χ1n) is 11.9. The van der Waals surface area contributed by atoms with Gasteiger partial charge in [-0.05, 0) is 83.9 Å². The van der Waals surface area contributed by atoms with E-state index in [4.69, 9.17) is 21.1 Å². The number of hydrogen-bond acceptors (Lipinski definition) is 6. The van der Waals surface area contributed by atoms with Gasteiger partial charge in [0.15, 0.2) is 0 Å². The van der Waals surface area contributed by atoms with E-state index in [9.17, 15) is 13.2 Å². The van der Waals surface area contributed by atoms with Gasteiger partial charge in [-0.3, -0.25) is 9.10 Å². The summed E-state index contributed by atoms with van der Waals surface area (Å²) in [6, 6.07) is 28.9. The first-order valence-corrected chi connectivity index (χ1v) is 13.7. The highest BCUT2D eigenvalue weighted by atomic mass is 35.5. The first kappa shape index (κ1) is 27.7. The summed E-state index contributed by atoms with van der Waals surface area (Å²) >= 11 is 6.00. The van der Waals surface area contributed by atoms with Crippen molar-refractivity contribution >= 4 is 39.4 Å². The smallest absolute Gasteiger partial charge is 0.264 e. The molecule has 1 N–H and O–H groups in total. The minimum absolute atomic E-state index is 0.0646. The Hall–Kier alpha value is -4.34. The van der Waals surface area contributed by atoms with Crippen molar-refractivity contribution in [2.24, 2.45) is 5.10 Å². The Morgan fingerprint density at radius 3 is 2.28 bits per heavy atom. The molecule has 200 valence electrons. The fourth-order valence-electron chi connectivity index (χ4n) is 3.57. The van der Waals surface area contributed by atoms with E-state index in [0.717, 1.165) is 9.87 Å². The van der Waals surface area contributed by atoms with Gasteiger partial charge in [-0.15, -0.1) is 0 Å². The summed E-state index contributed by atoms with van der Waals surface area (Å²) in [6.45, 7) is -0.0994. The van der Waals surface area contributed by atoms with Gasteiger partial charge in [-0.25, -0.2) is 13.8 Å². The van der Waals surface area contributed by atoms with Crippen molar-refractivity contribution in [3.8, 4) is 11.5 Å². The van der Waals surface area contributed by atoms with Crippen LogP contribution >= 0.6 is 11.6 Å². The first-order chi connectivity index (χ1) is 18.8. The van der Waals surface area contributed by atoms with E-state index < -0.39 is 22.5 Å². The maximum atomic E-state index is 13.4. The van der Waals surface area contributed by atoms with Gasteiger partial charge in [0.1, 0.15) is 24.7 Å². The van der Waals surface area contributed by atoms with Crippen LogP contribution < -0.4 is 19.2 Å². The summed E-state index contributed by atoms with van der Waals surface area (Å²) in [5.74, 6) is 0.617. The summed E-state index contributed by atoms with van der Waals surface area (Å²) in [5, 5.41) is 4.63.